The van der Waals surface area contributed by atoms with Gasteiger partial charge in [0.15, 0.2) is 5.11 Å². The Hall–Kier alpha value is -2.05. The van der Waals surface area contributed by atoms with Crippen LogP contribution in [0.5, 0.6) is 0 Å². The first kappa shape index (κ1) is 13.0. The maximum atomic E-state index is 5.50. The largest absolute Gasteiger partial charge is 0.376 e. The molecule has 4 nitrogen and oxygen atoms in total. The summed E-state index contributed by atoms with van der Waals surface area (Å²) in [5.74, 6) is 0. The third kappa shape index (κ3) is 2.48. The molecular formula is C14H12N4S2. The van der Waals surface area contributed by atoms with E-state index in [1.807, 2.05) is 31.2 Å². The normalized spacial score (nSPS) is 10.7. The van der Waals surface area contributed by atoms with E-state index in [9.17, 15) is 0 Å². The van der Waals surface area contributed by atoms with Crippen molar-refractivity contribution in [3.63, 3.8) is 0 Å². The summed E-state index contributed by atoms with van der Waals surface area (Å²) in [5.41, 5.74) is 9.48. The number of anilines is 1. The predicted molar refractivity (Wildman–Crippen MR) is 88.0 cm³/mol. The molecule has 3 rings (SSSR count). The van der Waals surface area contributed by atoms with Crippen molar-refractivity contribution in [2.45, 2.75) is 6.92 Å². The number of aryl methyl sites for hydroxylation is 1. The van der Waals surface area contributed by atoms with Gasteiger partial charge in [0.25, 0.3) is 0 Å². The summed E-state index contributed by atoms with van der Waals surface area (Å²) in [6.45, 7) is 2.01. The number of fused-ring (bicyclic) bond motifs is 1. The zero-order valence-corrected chi connectivity index (χ0v) is 12.4. The van der Waals surface area contributed by atoms with Crippen molar-refractivity contribution < 1.29 is 0 Å². The first-order valence-corrected chi connectivity index (χ1v) is 7.25. The van der Waals surface area contributed by atoms with Crippen LogP contribution in [-0.4, -0.2) is 15.1 Å². The minimum absolute atomic E-state index is 0.269. The summed E-state index contributed by atoms with van der Waals surface area (Å²) in [4.78, 5) is 9.87. The van der Waals surface area contributed by atoms with Gasteiger partial charge in [-0.1, -0.05) is 11.3 Å². The van der Waals surface area contributed by atoms with Gasteiger partial charge in [0.1, 0.15) is 15.4 Å². The number of nitrogens with zero attached hydrogens (tertiary/aromatic N) is 2. The Morgan fingerprint density at radius 1 is 1.35 bits per heavy atom. The monoisotopic (exact) mass is 300 g/mol. The Morgan fingerprint density at radius 2 is 2.20 bits per heavy atom. The molecule has 1 aromatic carbocycles. The summed E-state index contributed by atoms with van der Waals surface area (Å²) in [6.07, 6.45) is 1.78. The lowest BCUT2D eigenvalue weighted by Crippen LogP contribution is -2.19. The van der Waals surface area contributed by atoms with Gasteiger partial charge in [0.05, 0.1) is 0 Å². The van der Waals surface area contributed by atoms with Crippen LogP contribution in [0.4, 0.5) is 5.69 Å². The fourth-order valence-corrected chi connectivity index (χ4v) is 2.98. The minimum atomic E-state index is 0.269. The molecule has 3 aromatic rings. The number of hydrogen-bond acceptors (Lipinski definition) is 4. The maximum Gasteiger partial charge on any atom is 0.168 e. The van der Waals surface area contributed by atoms with Crippen molar-refractivity contribution in [3.05, 3.63) is 42.1 Å². The van der Waals surface area contributed by atoms with E-state index in [-0.39, 0.29) is 5.11 Å². The molecule has 0 spiro atoms. The molecule has 3 N–H and O–H groups in total. The van der Waals surface area contributed by atoms with Crippen LogP contribution in [0.2, 0.25) is 0 Å². The highest BCUT2D eigenvalue weighted by atomic mass is 32.1. The van der Waals surface area contributed by atoms with E-state index < -0.39 is 0 Å². The van der Waals surface area contributed by atoms with Gasteiger partial charge in [0.2, 0.25) is 0 Å². The molecule has 6 heteroatoms. The SMILES string of the molecule is Cc1cc(-c2nc3cccnc3s2)ccc1NC(N)=S. The van der Waals surface area contributed by atoms with Crippen LogP contribution in [0, 0.1) is 6.92 Å². The maximum absolute atomic E-state index is 5.50. The number of rotatable bonds is 2. The summed E-state index contributed by atoms with van der Waals surface area (Å²) >= 11 is 6.44. The lowest BCUT2D eigenvalue weighted by molar-refractivity contribution is 1.40. The van der Waals surface area contributed by atoms with Crippen molar-refractivity contribution in [2.75, 3.05) is 5.32 Å². The molecule has 20 heavy (non-hydrogen) atoms. The Labute approximate surface area is 125 Å². The highest BCUT2D eigenvalue weighted by molar-refractivity contribution is 7.80. The summed E-state index contributed by atoms with van der Waals surface area (Å²) in [5, 5.41) is 4.19. The van der Waals surface area contributed by atoms with Gasteiger partial charge in [-0.15, -0.1) is 0 Å². The van der Waals surface area contributed by atoms with Gasteiger partial charge in [-0.25, -0.2) is 9.97 Å². The molecule has 0 atom stereocenters. The second kappa shape index (κ2) is 5.15. The van der Waals surface area contributed by atoms with E-state index in [0.29, 0.717) is 0 Å². The molecule has 0 bridgehead atoms. The van der Waals surface area contributed by atoms with Gasteiger partial charge in [0, 0.05) is 17.4 Å². The molecule has 0 aliphatic heterocycles. The zero-order chi connectivity index (χ0) is 14.1. The van der Waals surface area contributed by atoms with Gasteiger partial charge >= 0.3 is 0 Å². The van der Waals surface area contributed by atoms with Gasteiger partial charge in [-0.2, -0.15) is 0 Å². The van der Waals surface area contributed by atoms with Crippen LogP contribution in [0.1, 0.15) is 5.56 Å². The Kier molecular flexibility index (Phi) is 3.33. The molecule has 0 aliphatic rings. The number of aromatic nitrogens is 2. The number of benzene rings is 1. The van der Waals surface area contributed by atoms with E-state index in [1.165, 1.54) is 0 Å². The van der Waals surface area contributed by atoms with Crippen LogP contribution in [-0.2, 0) is 0 Å². The minimum Gasteiger partial charge on any atom is -0.376 e. The van der Waals surface area contributed by atoms with Crippen molar-refractivity contribution in [1.82, 2.24) is 9.97 Å². The molecule has 0 amide bonds. The van der Waals surface area contributed by atoms with Crippen molar-refractivity contribution in [1.29, 1.82) is 0 Å². The highest BCUT2D eigenvalue weighted by Gasteiger charge is 2.08. The number of pyridine rings is 1. The smallest absolute Gasteiger partial charge is 0.168 e. The standard InChI is InChI=1S/C14H12N4S2/c1-8-7-9(4-5-10(8)18-14(15)19)12-17-11-3-2-6-16-13(11)20-12/h2-7H,1H3,(H3,15,18,19). The molecule has 2 aromatic heterocycles. The summed E-state index contributed by atoms with van der Waals surface area (Å²) in [7, 11) is 0. The summed E-state index contributed by atoms with van der Waals surface area (Å²) in [6, 6.07) is 9.90. The third-order valence-electron chi connectivity index (χ3n) is 2.90. The lowest BCUT2D eigenvalue weighted by atomic mass is 10.1. The van der Waals surface area contributed by atoms with E-state index >= 15 is 0 Å². The van der Waals surface area contributed by atoms with E-state index in [2.05, 4.69) is 21.4 Å². The van der Waals surface area contributed by atoms with Crippen molar-refractivity contribution in [2.24, 2.45) is 5.73 Å². The molecular weight excluding hydrogens is 288 g/mol. The van der Waals surface area contributed by atoms with Crippen LogP contribution in [0.15, 0.2) is 36.5 Å². The highest BCUT2D eigenvalue weighted by Crippen LogP contribution is 2.30. The van der Waals surface area contributed by atoms with E-state index in [4.69, 9.17) is 18.0 Å². The Morgan fingerprint density at radius 3 is 2.90 bits per heavy atom. The first-order valence-electron chi connectivity index (χ1n) is 6.02. The van der Waals surface area contributed by atoms with Crippen molar-refractivity contribution in [3.8, 4) is 10.6 Å². The topological polar surface area (TPSA) is 63.8 Å². The van der Waals surface area contributed by atoms with Crippen LogP contribution < -0.4 is 11.1 Å². The van der Waals surface area contributed by atoms with Gasteiger partial charge < -0.3 is 11.1 Å². The molecule has 0 saturated carbocycles. The fourth-order valence-electron chi connectivity index (χ4n) is 1.96. The first-order chi connectivity index (χ1) is 9.63. The van der Waals surface area contributed by atoms with Crippen LogP contribution in [0.3, 0.4) is 0 Å². The second-order valence-electron chi connectivity index (χ2n) is 4.37. The Bertz CT molecular complexity index is 762. The van der Waals surface area contributed by atoms with E-state index in [1.54, 1.807) is 17.5 Å². The Balaban J connectivity index is 2.01. The van der Waals surface area contributed by atoms with Crippen LogP contribution in [0.25, 0.3) is 20.9 Å². The van der Waals surface area contributed by atoms with Crippen LogP contribution >= 0.6 is 23.6 Å². The van der Waals surface area contributed by atoms with Gasteiger partial charge in [-0.05, 0) is 55.0 Å². The molecule has 100 valence electrons. The molecule has 0 saturated heterocycles. The number of thiocarbonyl (C=S) groups is 1. The second-order valence-corrected chi connectivity index (χ2v) is 5.78. The van der Waals surface area contributed by atoms with Gasteiger partial charge in [-0.3, -0.25) is 0 Å². The molecule has 2 heterocycles. The molecule has 0 unspecified atom stereocenters. The van der Waals surface area contributed by atoms with Crippen molar-refractivity contribution >= 4 is 44.7 Å². The zero-order valence-electron chi connectivity index (χ0n) is 10.8. The molecule has 0 fully saturated rings. The fraction of sp³-hybridized carbons (Fsp3) is 0.0714. The quantitative estimate of drug-likeness (QED) is 0.711. The number of nitrogens with one attached hydrogen (secondary N) is 1. The molecule has 0 aliphatic carbocycles. The lowest BCUT2D eigenvalue weighted by Gasteiger charge is -2.08. The summed E-state index contributed by atoms with van der Waals surface area (Å²) < 4.78 is 0. The van der Waals surface area contributed by atoms with E-state index in [0.717, 1.165) is 32.2 Å². The predicted octanol–water partition coefficient (Wildman–Crippen LogP) is 3.32. The number of thiazole rings is 1. The number of hydrogen-bond donors (Lipinski definition) is 2. The molecule has 0 radical (unpaired) electrons. The average molecular weight is 300 g/mol. The average Bonchev–Trinajstić information content (AvgIpc) is 2.84. The number of nitrogens with two attached hydrogens (primary N) is 1. The third-order valence-corrected chi connectivity index (χ3v) is 4.03.